The van der Waals surface area contributed by atoms with Crippen LogP contribution in [0.15, 0.2) is 17.2 Å². The molecule has 0 bridgehead atoms. The summed E-state index contributed by atoms with van der Waals surface area (Å²) in [4.78, 5) is 8.17. The number of hydrogen-bond acceptors (Lipinski definition) is 3. The summed E-state index contributed by atoms with van der Waals surface area (Å²) in [6.07, 6.45) is 1.08. The molecule has 3 rings (SSSR count). The molecule has 0 atom stereocenters. The second-order valence-electron chi connectivity index (χ2n) is 4.72. The molecule has 0 unspecified atom stereocenters. The van der Waals surface area contributed by atoms with Crippen molar-refractivity contribution in [2.75, 3.05) is 6.54 Å². The van der Waals surface area contributed by atoms with Crippen LogP contribution in [0.3, 0.4) is 0 Å². The Kier molecular flexibility index (Phi) is 2.84. The van der Waals surface area contributed by atoms with E-state index in [-0.39, 0.29) is 0 Å². The van der Waals surface area contributed by atoms with Crippen molar-refractivity contribution in [2.24, 2.45) is 0 Å². The van der Waals surface area contributed by atoms with Gasteiger partial charge in [0.2, 0.25) is 0 Å². The first kappa shape index (κ1) is 11.1. The Hall–Kier alpha value is -1.00. The number of pyridine rings is 1. The van der Waals surface area contributed by atoms with Crippen molar-refractivity contribution in [1.82, 2.24) is 15.3 Å². The third-order valence-electron chi connectivity index (χ3n) is 3.04. The van der Waals surface area contributed by atoms with E-state index in [4.69, 9.17) is 4.98 Å². The summed E-state index contributed by atoms with van der Waals surface area (Å²) < 4.78 is 0. The van der Waals surface area contributed by atoms with Crippen molar-refractivity contribution in [3.8, 4) is 0 Å². The fourth-order valence-corrected chi connectivity index (χ4v) is 3.08. The van der Waals surface area contributed by atoms with Crippen LogP contribution in [-0.4, -0.2) is 21.8 Å². The lowest BCUT2D eigenvalue weighted by atomic mass is 10.1. The number of hydrogen-bond donors (Lipinski definition) is 2. The quantitative estimate of drug-likeness (QED) is 0.802. The highest BCUT2D eigenvalue weighted by Crippen LogP contribution is 2.27. The van der Waals surface area contributed by atoms with Gasteiger partial charge in [-0.15, -0.1) is 11.8 Å². The van der Waals surface area contributed by atoms with Crippen LogP contribution < -0.4 is 5.32 Å². The van der Waals surface area contributed by atoms with Crippen molar-refractivity contribution in [3.05, 3.63) is 23.4 Å². The Morgan fingerprint density at radius 2 is 2.24 bits per heavy atom. The molecule has 0 aliphatic carbocycles. The molecule has 1 aliphatic heterocycles. The van der Waals surface area contributed by atoms with Crippen molar-refractivity contribution in [1.29, 1.82) is 0 Å². The van der Waals surface area contributed by atoms with E-state index in [9.17, 15) is 0 Å². The molecular weight excluding hydrogens is 230 g/mol. The number of fused-ring (bicyclic) bond motifs is 3. The highest BCUT2D eigenvalue weighted by Gasteiger charge is 2.15. The number of aromatic nitrogens is 2. The fraction of sp³-hybridized carbons (Fsp3) is 0.462. The van der Waals surface area contributed by atoms with E-state index in [0.29, 0.717) is 5.25 Å². The van der Waals surface area contributed by atoms with Crippen molar-refractivity contribution >= 4 is 22.8 Å². The SMILES string of the molecule is CC(C)Sc1ccc2c3c([nH]c2n1)CCNC3. The first-order chi connectivity index (χ1) is 8.24. The minimum Gasteiger partial charge on any atom is -0.343 e. The molecular formula is C13H17N3S. The molecule has 3 nitrogen and oxygen atoms in total. The Labute approximate surface area is 105 Å². The maximum absolute atomic E-state index is 4.70. The second kappa shape index (κ2) is 4.35. The fourth-order valence-electron chi connectivity index (χ4n) is 2.31. The number of nitrogens with zero attached hydrogens (tertiary/aromatic N) is 1. The Morgan fingerprint density at radius 3 is 3.06 bits per heavy atom. The maximum Gasteiger partial charge on any atom is 0.139 e. The van der Waals surface area contributed by atoms with Gasteiger partial charge < -0.3 is 10.3 Å². The predicted octanol–water partition coefficient (Wildman–Crippen LogP) is 2.71. The molecule has 90 valence electrons. The van der Waals surface area contributed by atoms with Gasteiger partial charge in [-0.3, -0.25) is 0 Å². The molecule has 4 heteroatoms. The third kappa shape index (κ3) is 2.07. The summed E-state index contributed by atoms with van der Waals surface area (Å²) in [7, 11) is 0. The summed E-state index contributed by atoms with van der Waals surface area (Å²) in [6, 6.07) is 4.34. The summed E-state index contributed by atoms with van der Waals surface area (Å²) in [5, 5.41) is 6.38. The van der Waals surface area contributed by atoms with E-state index in [2.05, 4.69) is 36.3 Å². The van der Waals surface area contributed by atoms with Crippen LogP contribution in [-0.2, 0) is 13.0 Å². The van der Waals surface area contributed by atoms with Gasteiger partial charge in [0.1, 0.15) is 5.65 Å². The van der Waals surface area contributed by atoms with Crippen LogP contribution >= 0.6 is 11.8 Å². The zero-order valence-corrected chi connectivity index (χ0v) is 11.0. The molecule has 0 radical (unpaired) electrons. The van der Waals surface area contributed by atoms with Crippen LogP contribution in [0.4, 0.5) is 0 Å². The zero-order valence-electron chi connectivity index (χ0n) is 10.2. The normalized spacial score (nSPS) is 15.5. The molecule has 0 amide bonds. The molecule has 0 aromatic carbocycles. The summed E-state index contributed by atoms with van der Waals surface area (Å²) in [6.45, 7) is 6.42. The van der Waals surface area contributed by atoms with Crippen LogP contribution in [0.1, 0.15) is 25.1 Å². The largest absolute Gasteiger partial charge is 0.343 e. The molecule has 0 saturated carbocycles. The van der Waals surface area contributed by atoms with Gasteiger partial charge in [0, 0.05) is 35.8 Å². The standard InChI is InChI=1S/C13H17N3S/c1-8(2)17-12-4-3-9-10-7-14-6-5-11(10)15-13(9)16-12/h3-4,8,14H,5-7H2,1-2H3,(H,15,16). The topological polar surface area (TPSA) is 40.7 Å². The van der Waals surface area contributed by atoms with Crippen molar-refractivity contribution in [2.45, 2.75) is 37.1 Å². The number of H-pyrrole nitrogens is 1. The Morgan fingerprint density at radius 1 is 1.35 bits per heavy atom. The summed E-state index contributed by atoms with van der Waals surface area (Å²) in [5.74, 6) is 0. The predicted molar refractivity (Wildman–Crippen MR) is 72.5 cm³/mol. The monoisotopic (exact) mass is 247 g/mol. The van der Waals surface area contributed by atoms with E-state index in [1.54, 1.807) is 0 Å². The summed E-state index contributed by atoms with van der Waals surface area (Å²) in [5.41, 5.74) is 3.81. The maximum atomic E-state index is 4.70. The highest BCUT2D eigenvalue weighted by atomic mass is 32.2. The molecule has 0 fully saturated rings. The molecule has 0 spiro atoms. The molecule has 3 heterocycles. The van der Waals surface area contributed by atoms with Crippen LogP contribution in [0.25, 0.3) is 11.0 Å². The Balaban J connectivity index is 2.05. The molecule has 2 aromatic heterocycles. The third-order valence-corrected chi connectivity index (χ3v) is 3.98. The van der Waals surface area contributed by atoms with Crippen molar-refractivity contribution < 1.29 is 0 Å². The van der Waals surface area contributed by atoms with Gasteiger partial charge >= 0.3 is 0 Å². The van der Waals surface area contributed by atoms with E-state index >= 15 is 0 Å². The van der Waals surface area contributed by atoms with Crippen LogP contribution in [0, 0.1) is 0 Å². The lowest BCUT2D eigenvalue weighted by molar-refractivity contribution is 0.640. The van der Waals surface area contributed by atoms with E-state index < -0.39 is 0 Å². The highest BCUT2D eigenvalue weighted by molar-refractivity contribution is 7.99. The van der Waals surface area contributed by atoms with E-state index in [1.807, 2.05) is 11.8 Å². The van der Waals surface area contributed by atoms with Gasteiger partial charge in [0.15, 0.2) is 0 Å². The number of aromatic amines is 1. The summed E-state index contributed by atoms with van der Waals surface area (Å²) >= 11 is 1.81. The molecule has 0 saturated heterocycles. The molecule has 17 heavy (non-hydrogen) atoms. The smallest absolute Gasteiger partial charge is 0.139 e. The second-order valence-corrected chi connectivity index (χ2v) is 6.32. The van der Waals surface area contributed by atoms with Crippen LogP contribution in [0.5, 0.6) is 0 Å². The minimum absolute atomic E-state index is 0.575. The van der Waals surface area contributed by atoms with Crippen molar-refractivity contribution in [3.63, 3.8) is 0 Å². The van der Waals surface area contributed by atoms with Crippen LogP contribution in [0.2, 0.25) is 0 Å². The molecule has 2 aromatic rings. The van der Waals surface area contributed by atoms with Gasteiger partial charge in [0.25, 0.3) is 0 Å². The number of nitrogens with one attached hydrogen (secondary N) is 2. The van der Waals surface area contributed by atoms with Gasteiger partial charge in [-0.1, -0.05) is 13.8 Å². The van der Waals surface area contributed by atoms with Gasteiger partial charge in [-0.2, -0.15) is 0 Å². The average Bonchev–Trinajstić information content (AvgIpc) is 2.65. The van der Waals surface area contributed by atoms with E-state index in [0.717, 1.165) is 30.2 Å². The Bertz CT molecular complexity index is 545. The molecule has 2 N–H and O–H groups in total. The molecule has 1 aliphatic rings. The van der Waals surface area contributed by atoms with E-state index in [1.165, 1.54) is 16.6 Å². The lowest BCUT2D eigenvalue weighted by Gasteiger charge is -2.12. The van der Waals surface area contributed by atoms with Gasteiger partial charge in [-0.25, -0.2) is 4.98 Å². The van der Waals surface area contributed by atoms with Gasteiger partial charge in [0.05, 0.1) is 5.03 Å². The zero-order chi connectivity index (χ0) is 11.8. The first-order valence-corrected chi connectivity index (χ1v) is 7.00. The first-order valence-electron chi connectivity index (χ1n) is 6.12. The number of rotatable bonds is 2. The average molecular weight is 247 g/mol. The minimum atomic E-state index is 0.575. The number of thioether (sulfide) groups is 1. The van der Waals surface area contributed by atoms with Gasteiger partial charge in [-0.05, 0) is 17.7 Å². The lowest BCUT2D eigenvalue weighted by Crippen LogP contribution is -2.22.